The Kier molecular flexibility index (Phi) is 4.23. The van der Waals surface area contributed by atoms with Crippen LogP contribution in [0.25, 0.3) is 0 Å². The largest absolute Gasteiger partial charge is 0.427 e. The molecule has 1 rings (SSSR count). The third-order valence-electron chi connectivity index (χ3n) is 2.01. The Morgan fingerprint density at radius 3 is 2.56 bits per heavy atom. The van der Waals surface area contributed by atoms with Gasteiger partial charge in [-0.1, -0.05) is 26.0 Å². The van der Waals surface area contributed by atoms with E-state index in [4.69, 9.17) is 4.74 Å². The van der Waals surface area contributed by atoms with E-state index in [9.17, 15) is 9.59 Å². The summed E-state index contributed by atoms with van der Waals surface area (Å²) in [6.45, 7) is 5.32. The van der Waals surface area contributed by atoms with Crippen molar-refractivity contribution in [2.75, 3.05) is 0 Å². The summed E-state index contributed by atoms with van der Waals surface area (Å²) in [7, 11) is 0. The summed E-state index contributed by atoms with van der Waals surface area (Å²) in [5.41, 5.74) is 0.590. The first-order chi connectivity index (χ1) is 7.49. The summed E-state index contributed by atoms with van der Waals surface area (Å²) in [5, 5.41) is 0. The molecule has 0 radical (unpaired) electrons. The van der Waals surface area contributed by atoms with Crippen molar-refractivity contribution >= 4 is 11.8 Å². The smallest absolute Gasteiger partial charge is 0.308 e. The van der Waals surface area contributed by atoms with Gasteiger partial charge in [-0.25, -0.2) is 0 Å². The van der Waals surface area contributed by atoms with Gasteiger partial charge in [-0.05, 0) is 18.1 Å². The highest BCUT2D eigenvalue weighted by Gasteiger charge is 2.09. The van der Waals surface area contributed by atoms with Gasteiger partial charge < -0.3 is 4.74 Å². The van der Waals surface area contributed by atoms with E-state index in [1.165, 1.54) is 6.92 Å². The van der Waals surface area contributed by atoms with Crippen LogP contribution in [0.1, 0.15) is 37.6 Å². The van der Waals surface area contributed by atoms with Crippen LogP contribution in [-0.2, 0) is 4.79 Å². The van der Waals surface area contributed by atoms with Crippen LogP contribution in [0.4, 0.5) is 0 Å². The van der Waals surface area contributed by atoms with Gasteiger partial charge in [0, 0.05) is 18.9 Å². The number of carbonyl (C=O) groups excluding carboxylic acids is 2. The molecule has 0 saturated carbocycles. The number of hydrogen-bond acceptors (Lipinski definition) is 3. The fraction of sp³-hybridized carbons (Fsp3) is 0.385. The molecular weight excluding hydrogens is 204 g/mol. The first-order valence-corrected chi connectivity index (χ1v) is 5.30. The average molecular weight is 220 g/mol. The van der Waals surface area contributed by atoms with E-state index in [2.05, 4.69) is 0 Å². The fourth-order valence-corrected chi connectivity index (χ4v) is 1.39. The Morgan fingerprint density at radius 1 is 1.31 bits per heavy atom. The highest BCUT2D eigenvalue weighted by atomic mass is 16.5. The van der Waals surface area contributed by atoms with Gasteiger partial charge in [-0.15, -0.1) is 0 Å². The molecule has 3 nitrogen and oxygen atoms in total. The van der Waals surface area contributed by atoms with Crippen molar-refractivity contribution in [2.24, 2.45) is 5.92 Å². The van der Waals surface area contributed by atoms with Crippen molar-refractivity contribution in [2.45, 2.75) is 27.2 Å². The molecule has 0 amide bonds. The molecule has 1 aromatic carbocycles. The predicted molar refractivity (Wildman–Crippen MR) is 61.5 cm³/mol. The molecule has 0 aromatic heterocycles. The predicted octanol–water partition coefficient (Wildman–Crippen LogP) is 2.84. The number of carbonyl (C=O) groups is 2. The lowest BCUT2D eigenvalue weighted by Crippen LogP contribution is -2.05. The lowest BCUT2D eigenvalue weighted by molar-refractivity contribution is -0.131. The van der Waals surface area contributed by atoms with Crippen molar-refractivity contribution < 1.29 is 14.3 Å². The van der Waals surface area contributed by atoms with E-state index < -0.39 is 0 Å². The van der Waals surface area contributed by atoms with Crippen LogP contribution < -0.4 is 4.74 Å². The van der Waals surface area contributed by atoms with Crippen molar-refractivity contribution in [1.29, 1.82) is 0 Å². The number of benzene rings is 1. The molecule has 0 aliphatic rings. The third kappa shape index (κ3) is 3.85. The molecule has 0 aliphatic carbocycles. The molecule has 16 heavy (non-hydrogen) atoms. The highest BCUT2D eigenvalue weighted by Crippen LogP contribution is 2.16. The summed E-state index contributed by atoms with van der Waals surface area (Å²) < 4.78 is 4.92. The Balaban J connectivity index is 2.81. The molecule has 3 heteroatoms. The lowest BCUT2D eigenvalue weighted by Gasteiger charge is -2.06. The summed E-state index contributed by atoms with van der Waals surface area (Å²) >= 11 is 0. The zero-order valence-corrected chi connectivity index (χ0v) is 9.82. The van der Waals surface area contributed by atoms with E-state index in [0.29, 0.717) is 23.7 Å². The van der Waals surface area contributed by atoms with Crippen molar-refractivity contribution in [3.8, 4) is 5.75 Å². The maximum atomic E-state index is 11.8. The maximum absolute atomic E-state index is 11.8. The zero-order valence-electron chi connectivity index (χ0n) is 9.82. The minimum Gasteiger partial charge on any atom is -0.427 e. The molecule has 0 saturated heterocycles. The summed E-state index contributed by atoms with van der Waals surface area (Å²) in [6, 6.07) is 6.71. The van der Waals surface area contributed by atoms with Gasteiger partial charge in [0.2, 0.25) is 0 Å². The zero-order chi connectivity index (χ0) is 12.1. The van der Waals surface area contributed by atoms with Crippen LogP contribution in [0.3, 0.4) is 0 Å². The van der Waals surface area contributed by atoms with Crippen LogP contribution in [0.2, 0.25) is 0 Å². The Labute approximate surface area is 95.4 Å². The van der Waals surface area contributed by atoms with Gasteiger partial charge in [-0.3, -0.25) is 9.59 Å². The molecular formula is C13H16O3. The lowest BCUT2D eigenvalue weighted by atomic mass is 10.0. The molecule has 0 bridgehead atoms. The molecule has 0 atom stereocenters. The third-order valence-corrected chi connectivity index (χ3v) is 2.01. The molecule has 0 N–H and O–H groups in total. The number of ether oxygens (including phenoxy) is 1. The van der Waals surface area contributed by atoms with Crippen LogP contribution in [0.5, 0.6) is 5.75 Å². The highest BCUT2D eigenvalue weighted by molar-refractivity contribution is 5.96. The van der Waals surface area contributed by atoms with Crippen LogP contribution in [0.15, 0.2) is 24.3 Å². The number of Topliss-reactive ketones (excluding diaryl/α,β-unsaturated/α-hetero) is 1. The minimum absolute atomic E-state index is 0.0732. The van der Waals surface area contributed by atoms with Crippen LogP contribution in [0, 0.1) is 5.92 Å². The van der Waals surface area contributed by atoms with Gasteiger partial charge in [0.05, 0.1) is 0 Å². The summed E-state index contributed by atoms with van der Waals surface area (Å²) in [5.74, 6) is 0.435. The topological polar surface area (TPSA) is 43.4 Å². The van der Waals surface area contributed by atoms with E-state index in [1.807, 2.05) is 13.8 Å². The molecule has 86 valence electrons. The number of hydrogen-bond donors (Lipinski definition) is 0. The Morgan fingerprint density at radius 2 is 2.00 bits per heavy atom. The average Bonchev–Trinajstić information content (AvgIpc) is 2.16. The minimum atomic E-state index is -0.381. The number of ketones is 1. The maximum Gasteiger partial charge on any atom is 0.308 e. The van der Waals surface area contributed by atoms with Crippen LogP contribution in [-0.4, -0.2) is 11.8 Å². The first-order valence-electron chi connectivity index (χ1n) is 5.30. The second kappa shape index (κ2) is 5.45. The van der Waals surface area contributed by atoms with E-state index in [1.54, 1.807) is 24.3 Å². The summed E-state index contributed by atoms with van der Waals surface area (Å²) in [4.78, 5) is 22.5. The quantitative estimate of drug-likeness (QED) is 0.445. The molecule has 1 aromatic rings. The SMILES string of the molecule is CC(=O)Oc1cccc(C(=O)CC(C)C)c1. The van der Waals surface area contributed by atoms with Gasteiger partial charge in [0.1, 0.15) is 5.75 Å². The summed E-state index contributed by atoms with van der Waals surface area (Å²) in [6.07, 6.45) is 0.503. The molecule has 0 unspecified atom stereocenters. The molecule has 0 heterocycles. The van der Waals surface area contributed by atoms with E-state index >= 15 is 0 Å². The van der Waals surface area contributed by atoms with Crippen molar-refractivity contribution in [3.63, 3.8) is 0 Å². The molecule has 0 spiro atoms. The fourth-order valence-electron chi connectivity index (χ4n) is 1.39. The standard InChI is InChI=1S/C13H16O3/c1-9(2)7-13(15)11-5-4-6-12(8-11)16-10(3)14/h4-6,8-9H,7H2,1-3H3. The van der Waals surface area contributed by atoms with Crippen molar-refractivity contribution in [1.82, 2.24) is 0 Å². The van der Waals surface area contributed by atoms with E-state index in [-0.39, 0.29) is 11.8 Å². The Hall–Kier alpha value is -1.64. The monoisotopic (exact) mass is 220 g/mol. The van der Waals surface area contributed by atoms with Crippen molar-refractivity contribution in [3.05, 3.63) is 29.8 Å². The van der Waals surface area contributed by atoms with E-state index in [0.717, 1.165) is 0 Å². The van der Waals surface area contributed by atoms with Gasteiger partial charge in [0.25, 0.3) is 0 Å². The second-order valence-electron chi connectivity index (χ2n) is 4.14. The first kappa shape index (κ1) is 12.4. The normalized spacial score (nSPS) is 10.2. The molecule has 0 aliphatic heterocycles. The molecule has 0 fully saturated rings. The van der Waals surface area contributed by atoms with Gasteiger partial charge in [-0.2, -0.15) is 0 Å². The number of esters is 1. The Bertz CT molecular complexity index is 394. The van der Waals surface area contributed by atoms with Crippen LogP contribution >= 0.6 is 0 Å². The number of rotatable bonds is 4. The van der Waals surface area contributed by atoms with Gasteiger partial charge >= 0.3 is 5.97 Å². The van der Waals surface area contributed by atoms with Gasteiger partial charge in [0.15, 0.2) is 5.78 Å². The second-order valence-corrected chi connectivity index (χ2v) is 4.14.